The molecule has 0 aliphatic carbocycles. The van der Waals surface area contributed by atoms with Crippen LogP contribution in [-0.4, -0.2) is 19.1 Å². The van der Waals surface area contributed by atoms with Gasteiger partial charge in [0.1, 0.15) is 0 Å². The molecule has 0 spiro atoms. The first kappa shape index (κ1) is 13.5. The predicted molar refractivity (Wildman–Crippen MR) is 66.0 cm³/mol. The summed E-state index contributed by atoms with van der Waals surface area (Å²) in [5.74, 6) is 0. The Kier molecular flexibility index (Phi) is 4.02. The van der Waals surface area contributed by atoms with Crippen LogP contribution in [0.15, 0.2) is 18.2 Å². The van der Waals surface area contributed by atoms with Crippen LogP contribution in [0.3, 0.4) is 0 Å². The van der Waals surface area contributed by atoms with Crippen molar-refractivity contribution in [3.8, 4) is 0 Å². The average Bonchev–Trinajstić information content (AvgIpc) is 2.79. The Morgan fingerprint density at radius 1 is 1.39 bits per heavy atom. The lowest BCUT2D eigenvalue weighted by Gasteiger charge is -2.15. The minimum absolute atomic E-state index is 0.301. The zero-order valence-corrected chi connectivity index (χ0v) is 10.4. The van der Waals surface area contributed by atoms with Gasteiger partial charge in [-0.3, -0.25) is 0 Å². The maximum absolute atomic E-state index is 12.6. The third-order valence-electron chi connectivity index (χ3n) is 2.99. The lowest BCUT2D eigenvalue weighted by atomic mass is 10.1. The van der Waals surface area contributed by atoms with Gasteiger partial charge in [0.15, 0.2) is 0 Å². The van der Waals surface area contributed by atoms with Gasteiger partial charge in [-0.1, -0.05) is 11.6 Å². The molecular formula is C12H14ClF3N2. The highest BCUT2D eigenvalue weighted by molar-refractivity contribution is 6.33. The summed E-state index contributed by atoms with van der Waals surface area (Å²) in [5.41, 5.74) is -0.353. The number of nitrogens with one attached hydrogen (secondary N) is 2. The zero-order valence-electron chi connectivity index (χ0n) is 9.65. The van der Waals surface area contributed by atoms with Crippen LogP contribution in [0.25, 0.3) is 0 Å². The molecule has 2 rings (SSSR count). The van der Waals surface area contributed by atoms with Gasteiger partial charge in [-0.05, 0) is 37.6 Å². The number of hydrogen-bond donors (Lipinski definition) is 2. The third-order valence-corrected chi connectivity index (χ3v) is 3.32. The van der Waals surface area contributed by atoms with Gasteiger partial charge in [-0.15, -0.1) is 0 Å². The smallest absolute Gasteiger partial charge is 0.382 e. The monoisotopic (exact) mass is 278 g/mol. The van der Waals surface area contributed by atoms with Crippen LogP contribution >= 0.6 is 11.6 Å². The van der Waals surface area contributed by atoms with E-state index < -0.39 is 11.7 Å². The highest BCUT2D eigenvalue weighted by atomic mass is 35.5. The van der Waals surface area contributed by atoms with Crippen molar-refractivity contribution in [2.75, 3.05) is 18.4 Å². The second-order valence-electron chi connectivity index (χ2n) is 4.37. The van der Waals surface area contributed by atoms with Gasteiger partial charge in [0.05, 0.1) is 16.3 Å². The Morgan fingerprint density at radius 2 is 2.17 bits per heavy atom. The Balaban J connectivity index is 2.06. The lowest BCUT2D eigenvalue weighted by Crippen LogP contribution is -2.29. The largest absolute Gasteiger partial charge is 0.416 e. The number of rotatable bonds is 3. The van der Waals surface area contributed by atoms with Gasteiger partial charge in [0.25, 0.3) is 0 Å². The van der Waals surface area contributed by atoms with Crippen molar-refractivity contribution in [1.29, 1.82) is 0 Å². The van der Waals surface area contributed by atoms with Crippen molar-refractivity contribution >= 4 is 17.3 Å². The predicted octanol–water partition coefficient (Wildman–Crippen LogP) is 3.52. The van der Waals surface area contributed by atoms with Gasteiger partial charge in [0, 0.05) is 12.6 Å². The van der Waals surface area contributed by atoms with E-state index >= 15 is 0 Å². The van der Waals surface area contributed by atoms with Crippen molar-refractivity contribution in [2.45, 2.75) is 25.1 Å². The maximum Gasteiger partial charge on any atom is 0.416 e. The average molecular weight is 279 g/mol. The van der Waals surface area contributed by atoms with Gasteiger partial charge in [-0.25, -0.2) is 0 Å². The summed E-state index contributed by atoms with van der Waals surface area (Å²) in [7, 11) is 0. The molecule has 0 bridgehead atoms. The molecular weight excluding hydrogens is 265 g/mol. The molecule has 0 saturated carbocycles. The molecule has 2 N–H and O–H groups in total. The highest BCUT2D eigenvalue weighted by Crippen LogP contribution is 2.33. The van der Waals surface area contributed by atoms with Crippen molar-refractivity contribution in [3.05, 3.63) is 28.8 Å². The van der Waals surface area contributed by atoms with Crippen molar-refractivity contribution in [2.24, 2.45) is 0 Å². The van der Waals surface area contributed by atoms with Crippen LogP contribution < -0.4 is 10.6 Å². The summed E-state index contributed by atoms with van der Waals surface area (Å²) in [6.07, 6.45) is -2.21. The molecule has 100 valence electrons. The fraction of sp³-hybridized carbons (Fsp3) is 0.500. The molecule has 1 aliphatic heterocycles. The summed E-state index contributed by atoms with van der Waals surface area (Å²) < 4.78 is 37.7. The van der Waals surface area contributed by atoms with Crippen LogP contribution in [0.5, 0.6) is 0 Å². The molecule has 1 unspecified atom stereocenters. The quantitative estimate of drug-likeness (QED) is 0.884. The molecule has 1 fully saturated rings. The molecule has 1 aromatic rings. The van der Waals surface area contributed by atoms with Gasteiger partial charge in [0.2, 0.25) is 0 Å². The number of alkyl halides is 3. The van der Waals surface area contributed by atoms with Gasteiger partial charge >= 0.3 is 6.18 Å². The molecule has 18 heavy (non-hydrogen) atoms. The first-order valence-corrected chi connectivity index (χ1v) is 6.18. The molecule has 2 nitrogen and oxygen atoms in total. The molecule has 0 radical (unpaired) electrons. The summed E-state index contributed by atoms with van der Waals surface area (Å²) in [5, 5.41) is 6.54. The van der Waals surface area contributed by atoms with Crippen LogP contribution in [0.1, 0.15) is 18.4 Å². The van der Waals surface area contributed by atoms with E-state index in [1.54, 1.807) is 0 Å². The normalized spacial score (nSPS) is 20.1. The molecule has 1 saturated heterocycles. The summed E-state index contributed by atoms with van der Waals surface area (Å²) in [4.78, 5) is 0. The first-order chi connectivity index (χ1) is 8.47. The summed E-state index contributed by atoms with van der Waals surface area (Å²) >= 11 is 5.88. The van der Waals surface area contributed by atoms with Gasteiger partial charge < -0.3 is 10.6 Å². The Morgan fingerprint density at radius 3 is 2.78 bits per heavy atom. The maximum atomic E-state index is 12.6. The van der Waals surface area contributed by atoms with Crippen molar-refractivity contribution in [3.63, 3.8) is 0 Å². The van der Waals surface area contributed by atoms with E-state index in [0.717, 1.165) is 31.5 Å². The number of anilines is 1. The van der Waals surface area contributed by atoms with E-state index in [1.165, 1.54) is 6.07 Å². The van der Waals surface area contributed by atoms with Crippen LogP contribution in [-0.2, 0) is 6.18 Å². The van der Waals surface area contributed by atoms with E-state index in [0.29, 0.717) is 23.3 Å². The van der Waals surface area contributed by atoms with E-state index in [2.05, 4.69) is 10.6 Å². The highest BCUT2D eigenvalue weighted by Gasteiger charge is 2.31. The third kappa shape index (κ3) is 3.29. The van der Waals surface area contributed by atoms with E-state index in [1.807, 2.05) is 0 Å². The fourth-order valence-corrected chi connectivity index (χ4v) is 2.19. The van der Waals surface area contributed by atoms with Gasteiger partial charge in [-0.2, -0.15) is 13.2 Å². The Labute approximate surface area is 109 Å². The fourth-order valence-electron chi connectivity index (χ4n) is 2.00. The zero-order chi connectivity index (χ0) is 13.2. The number of halogens is 4. The number of benzene rings is 1. The Hall–Kier alpha value is -0.940. The molecule has 1 aliphatic rings. The minimum Gasteiger partial charge on any atom is -0.382 e. The molecule has 0 amide bonds. The molecule has 0 aromatic heterocycles. The Bertz CT molecular complexity index is 414. The molecule has 1 heterocycles. The van der Waals surface area contributed by atoms with Crippen molar-refractivity contribution in [1.82, 2.24) is 5.32 Å². The van der Waals surface area contributed by atoms with Crippen molar-refractivity contribution < 1.29 is 13.2 Å². The standard InChI is InChI=1S/C12H14ClF3N2/c13-10-4-3-8(12(14,15)16)6-11(10)18-7-9-2-1-5-17-9/h3-4,6,9,17-18H,1-2,5,7H2. The molecule has 6 heteroatoms. The second-order valence-corrected chi connectivity index (χ2v) is 4.77. The molecule has 1 aromatic carbocycles. The topological polar surface area (TPSA) is 24.1 Å². The summed E-state index contributed by atoms with van der Waals surface area (Å²) in [6.45, 7) is 1.55. The number of hydrogen-bond acceptors (Lipinski definition) is 2. The minimum atomic E-state index is -4.34. The SMILES string of the molecule is FC(F)(F)c1ccc(Cl)c(NCC2CCCN2)c1. The van der Waals surface area contributed by atoms with Crippen LogP contribution in [0, 0.1) is 0 Å². The van der Waals surface area contributed by atoms with E-state index in [9.17, 15) is 13.2 Å². The lowest BCUT2D eigenvalue weighted by molar-refractivity contribution is -0.137. The second kappa shape index (κ2) is 5.36. The van der Waals surface area contributed by atoms with E-state index in [-0.39, 0.29) is 0 Å². The van der Waals surface area contributed by atoms with Crippen LogP contribution in [0.2, 0.25) is 5.02 Å². The summed E-state index contributed by atoms with van der Waals surface area (Å²) in [6, 6.07) is 3.61. The van der Waals surface area contributed by atoms with Crippen LogP contribution in [0.4, 0.5) is 18.9 Å². The van der Waals surface area contributed by atoms with E-state index in [4.69, 9.17) is 11.6 Å². The molecule has 1 atom stereocenters. The first-order valence-electron chi connectivity index (χ1n) is 5.81.